The van der Waals surface area contributed by atoms with Crippen LogP contribution in [0.4, 0.5) is 5.95 Å². The van der Waals surface area contributed by atoms with Gasteiger partial charge in [-0.1, -0.05) is 44.2 Å². The molecule has 3 nitrogen and oxygen atoms in total. The fourth-order valence-electron chi connectivity index (χ4n) is 2.10. The van der Waals surface area contributed by atoms with Crippen molar-refractivity contribution >= 4 is 5.95 Å². The third-order valence-corrected chi connectivity index (χ3v) is 3.23. The quantitative estimate of drug-likeness (QED) is 0.909. The zero-order chi connectivity index (χ0) is 13.9. The predicted molar refractivity (Wildman–Crippen MR) is 79.5 cm³/mol. The van der Waals surface area contributed by atoms with Crippen molar-refractivity contribution in [3.8, 4) is 0 Å². The number of aryl methyl sites for hydroxylation is 2. The van der Waals surface area contributed by atoms with Gasteiger partial charge in [0, 0.05) is 23.3 Å². The van der Waals surface area contributed by atoms with Crippen LogP contribution in [0.1, 0.15) is 30.8 Å². The number of hydrogen-bond donors (Lipinski definition) is 1. The lowest BCUT2D eigenvalue weighted by atomic mass is 9.85. The van der Waals surface area contributed by atoms with Crippen molar-refractivity contribution in [2.75, 3.05) is 11.9 Å². The van der Waals surface area contributed by atoms with Crippen LogP contribution in [0, 0.1) is 13.8 Å². The van der Waals surface area contributed by atoms with Gasteiger partial charge in [0.05, 0.1) is 0 Å². The van der Waals surface area contributed by atoms with Gasteiger partial charge >= 0.3 is 0 Å². The zero-order valence-corrected chi connectivity index (χ0v) is 12.1. The Morgan fingerprint density at radius 3 is 2.16 bits per heavy atom. The summed E-state index contributed by atoms with van der Waals surface area (Å²) in [7, 11) is 0. The summed E-state index contributed by atoms with van der Waals surface area (Å²) in [5.41, 5.74) is 3.34. The molecule has 0 saturated heterocycles. The largest absolute Gasteiger partial charge is 0.353 e. The van der Waals surface area contributed by atoms with E-state index in [0.29, 0.717) is 5.95 Å². The SMILES string of the molecule is Cc1cc(C)nc(NCC(C)(C)c2ccccc2)n1. The van der Waals surface area contributed by atoms with Gasteiger partial charge in [-0.05, 0) is 25.5 Å². The van der Waals surface area contributed by atoms with Crippen molar-refractivity contribution in [1.82, 2.24) is 9.97 Å². The maximum Gasteiger partial charge on any atom is 0.223 e. The molecule has 0 radical (unpaired) electrons. The van der Waals surface area contributed by atoms with Gasteiger partial charge in [-0.15, -0.1) is 0 Å². The number of aromatic nitrogens is 2. The summed E-state index contributed by atoms with van der Waals surface area (Å²) in [5.74, 6) is 0.710. The maximum absolute atomic E-state index is 4.41. The molecule has 1 aromatic heterocycles. The molecule has 0 atom stereocenters. The van der Waals surface area contributed by atoms with E-state index in [-0.39, 0.29) is 5.41 Å². The predicted octanol–water partition coefficient (Wildman–Crippen LogP) is 3.48. The van der Waals surface area contributed by atoms with Crippen LogP contribution >= 0.6 is 0 Å². The Morgan fingerprint density at radius 2 is 1.58 bits per heavy atom. The lowest BCUT2D eigenvalue weighted by Gasteiger charge is -2.25. The minimum Gasteiger partial charge on any atom is -0.353 e. The van der Waals surface area contributed by atoms with E-state index in [2.05, 4.69) is 53.4 Å². The van der Waals surface area contributed by atoms with E-state index in [9.17, 15) is 0 Å². The van der Waals surface area contributed by atoms with Crippen molar-refractivity contribution in [3.63, 3.8) is 0 Å². The monoisotopic (exact) mass is 255 g/mol. The average Bonchev–Trinajstić information content (AvgIpc) is 2.37. The molecule has 0 fully saturated rings. The van der Waals surface area contributed by atoms with Crippen LogP contribution in [-0.4, -0.2) is 16.5 Å². The molecule has 0 spiro atoms. The zero-order valence-electron chi connectivity index (χ0n) is 12.1. The standard InChI is InChI=1S/C16H21N3/c1-12-10-13(2)19-15(18-12)17-11-16(3,4)14-8-6-5-7-9-14/h5-10H,11H2,1-4H3,(H,17,18,19). The first-order valence-corrected chi connectivity index (χ1v) is 6.59. The Balaban J connectivity index is 2.09. The van der Waals surface area contributed by atoms with Gasteiger partial charge in [0.25, 0.3) is 0 Å². The summed E-state index contributed by atoms with van der Waals surface area (Å²) < 4.78 is 0. The average molecular weight is 255 g/mol. The van der Waals surface area contributed by atoms with Crippen molar-refractivity contribution in [2.24, 2.45) is 0 Å². The highest BCUT2D eigenvalue weighted by Gasteiger charge is 2.20. The molecule has 2 rings (SSSR count). The fourth-order valence-corrected chi connectivity index (χ4v) is 2.10. The van der Waals surface area contributed by atoms with E-state index in [0.717, 1.165) is 17.9 Å². The first-order valence-electron chi connectivity index (χ1n) is 6.59. The number of hydrogen-bond acceptors (Lipinski definition) is 3. The second-order valence-corrected chi connectivity index (χ2v) is 5.58. The lowest BCUT2D eigenvalue weighted by Crippen LogP contribution is -2.28. The van der Waals surface area contributed by atoms with Crippen molar-refractivity contribution in [1.29, 1.82) is 0 Å². The van der Waals surface area contributed by atoms with E-state index >= 15 is 0 Å². The maximum atomic E-state index is 4.41. The summed E-state index contributed by atoms with van der Waals surface area (Å²) in [6.07, 6.45) is 0. The van der Waals surface area contributed by atoms with Gasteiger partial charge in [0.1, 0.15) is 0 Å². The van der Waals surface area contributed by atoms with E-state index < -0.39 is 0 Å². The molecule has 0 aliphatic heterocycles. The molecule has 0 bridgehead atoms. The number of rotatable bonds is 4. The summed E-state index contributed by atoms with van der Waals surface area (Å²) in [5, 5.41) is 3.34. The topological polar surface area (TPSA) is 37.8 Å². The lowest BCUT2D eigenvalue weighted by molar-refractivity contribution is 0.555. The molecule has 1 N–H and O–H groups in total. The first kappa shape index (κ1) is 13.5. The summed E-state index contributed by atoms with van der Waals surface area (Å²) in [6, 6.07) is 12.5. The number of nitrogens with zero attached hydrogens (tertiary/aromatic N) is 2. The highest BCUT2D eigenvalue weighted by atomic mass is 15.1. The molecule has 0 amide bonds. The minimum atomic E-state index is 0.0439. The molecule has 0 aliphatic carbocycles. The van der Waals surface area contributed by atoms with Crippen LogP contribution in [0.2, 0.25) is 0 Å². The van der Waals surface area contributed by atoms with Gasteiger partial charge in [0.15, 0.2) is 0 Å². The Morgan fingerprint density at radius 1 is 1.00 bits per heavy atom. The summed E-state index contributed by atoms with van der Waals surface area (Å²) in [6.45, 7) is 9.22. The molecule has 1 aromatic carbocycles. The molecule has 100 valence electrons. The number of benzene rings is 1. The second kappa shape index (κ2) is 5.39. The van der Waals surface area contributed by atoms with E-state index in [4.69, 9.17) is 0 Å². The molecule has 2 aromatic rings. The number of anilines is 1. The second-order valence-electron chi connectivity index (χ2n) is 5.58. The van der Waals surface area contributed by atoms with Crippen molar-refractivity contribution in [2.45, 2.75) is 33.1 Å². The fraction of sp³-hybridized carbons (Fsp3) is 0.375. The Bertz CT molecular complexity index is 527. The van der Waals surface area contributed by atoms with Gasteiger partial charge in [-0.3, -0.25) is 0 Å². The van der Waals surface area contributed by atoms with Crippen LogP contribution in [-0.2, 0) is 5.41 Å². The third-order valence-electron chi connectivity index (χ3n) is 3.23. The van der Waals surface area contributed by atoms with Gasteiger partial charge in [-0.2, -0.15) is 0 Å². The van der Waals surface area contributed by atoms with E-state index in [1.807, 2.05) is 26.0 Å². The van der Waals surface area contributed by atoms with Crippen LogP contribution in [0.5, 0.6) is 0 Å². The Hall–Kier alpha value is -1.90. The molecule has 1 heterocycles. The van der Waals surface area contributed by atoms with Crippen LogP contribution in [0.25, 0.3) is 0 Å². The third kappa shape index (κ3) is 3.53. The molecule has 0 aliphatic rings. The minimum absolute atomic E-state index is 0.0439. The van der Waals surface area contributed by atoms with Crippen LogP contribution in [0.15, 0.2) is 36.4 Å². The molecular weight excluding hydrogens is 234 g/mol. The molecule has 0 unspecified atom stereocenters. The summed E-state index contributed by atoms with van der Waals surface area (Å²) >= 11 is 0. The molecular formula is C16H21N3. The normalized spacial score (nSPS) is 11.4. The van der Waals surface area contributed by atoms with E-state index in [1.54, 1.807) is 0 Å². The van der Waals surface area contributed by atoms with Crippen molar-refractivity contribution in [3.05, 3.63) is 53.3 Å². The van der Waals surface area contributed by atoms with E-state index in [1.165, 1.54) is 5.56 Å². The number of nitrogens with one attached hydrogen (secondary N) is 1. The molecule has 3 heteroatoms. The Labute approximate surface area is 115 Å². The summed E-state index contributed by atoms with van der Waals surface area (Å²) in [4.78, 5) is 8.82. The van der Waals surface area contributed by atoms with Crippen LogP contribution in [0.3, 0.4) is 0 Å². The van der Waals surface area contributed by atoms with Gasteiger partial charge < -0.3 is 5.32 Å². The van der Waals surface area contributed by atoms with Gasteiger partial charge in [0.2, 0.25) is 5.95 Å². The van der Waals surface area contributed by atoms with Crippen molar-refractivity contribution < 1.29 is 0 Å². The van der Waals surface area contributed by atoms with Gasteiger partial charge in [-0.25, -0.2) is 9.97 Å². The first-order chi connectivity index (χ1) is 8.97. The van der Waals surface area contributed by atoms with Crippen LogP contribution < -0.4 is 5.32 Å². The molecule has 19 heavy (non-hydrogen) atoms. The molecule has 0 saturated carbocycles. The smallest absolute Gasteiger partial charge is 0.223 e. The highest BCUT2D eigenvalue weighted by molar-refractivity contribution is 5.31. The Kier molecular flexibility index (Phi) is 3.84. The highest BCUT2D eigenvalue weighted by Crippen LogP contribution is 2.22.